The first kappa shape index (κ1) is 15.5. The van der Waals surface area contributed by atoms with Crippen LogP contribution in [0, 0.1) is 5.41 Å². The van der Waals surface area contributed by atoms with E-state index < -0.39 is 0 Å². The molecule has 114 valence electrons. The Morgan fingerprint density at radius 3 is 2.52 bits per heavy atom. The van der Waals surface area contributed by atoms with E-state index in [2.05, 4.69) is 29.8 Å². The topological polar surface area (TPSA) is 70.2 Å². The number of rotatable bonds is 3. The molecule has 1 aromatic carbocycles. The second-order valence-electron chi connectivity index (χ2n) is 6.23. The highest BCUT2D eigenvalue weighted by molar-refractivity contribution is 5.96. The summed E-state index contributed by atoms with van der Waals surface area (Å²) >= 11 is 0. The van der Waals surface area contributed by atoms with Crippen LogP contribution in [-0.2, 0) is 9.59 Å². The minimum Gasteiger partial charge on any atom is -0.326 e. The molecule has 0 radical (unpaired) electrons. The number of hydrogen-bond donors (Lipinski definition) is 3. The zero-order valence-corrected chi connectivity index (χ0v) is 12.8. The van der Waals surface area contributed by atoms with Gasteiger partial charge in [-0.05, 0) is 43.0 Å². The molecule has 0 spiro atoms. The van der Waals surface area contributed by atoms with Gasteiger partial charge in [0.1, 0.15) is 0 Å². The standard InChI is InChI=1S/C16H23N3O2/c1-11(20)18-12-6-4-7-13(10-12)19-15(21)14-16(2,3)8-5-9-17-14/h4,6-7,10,14,17H,5,8-9H2,1-3H3,(H,18,20)(H,19,21). The molecule has 1 heterocycles. The normalized spacial score (nSPS) is 20.6. The van der Waals surface area contributed by atoms with Gasteiger partial charge in [-0.1, -0.05) is 19.9 Å². The van der Waals surface area contributed by atoms with Gasteiger partial charge in [0.15, 0.2) is 0 Å². The Morgan fingerprint density at radius 1 is 1.24 bits per heavy atom. The van der Waals surface area contributed by atoms with Gasteiger partial charge in [-0.25, -0.2) is 0 Å². The zero-order valence-electron chi connectivity index (χ0n) is 12.8. The number of hydrogen-bond acceptors (Lipinski definition) is 3. The molecule has 0 saturated carbocycles. The first-order valence-electron chi connectivity index (χ1n) is 7.30. The maximum Gasteiger partial charge on any atom is 0.242 e. The van der Waals surface area contributed by atoms with E-state index in [1.54, 1.807) is 18.2 Å². The van der Waals surface area contributed by atoms with Crippen LogP contribution in [0.5, 0.6) is 0 Å². The number of amides is 2. The number of nitrogens with one attached hydrogen (secondary N) is 3. The first-order valence-corrected chi connectivity index (χ1v) is 7.30. The first-order chi connectivity index (χ1) is 9.88. The average molecular weight is 289 g/mol. The van der Waals surface area contributed by atoms with Crippen LogP contribution in [0.4, 0.5) is 11.4 Å². The Hall–Kier alpha value is -1.88. The molecular weight excluding hydrogens is 266 g/mol. The maximum atomic E-state index is 12.5. The van der Waals surface area contributed by atoms with Crippen molar-refractivity contribution in [3.8, 4) is 0 Å². The molecule has 2 rings (SSSR count). The van der Waals surface area contributed by atoms with E-state index in [1.165, 1.54) is 6.92 Å². The predicted molar refractivity (Wildman–Crippen MR) is 84.2 cm³/mol. The Bertz CT molecular complexity index is 540. The molecule has 0 aliphatic carbocycles. The molecule has 1 aliphatic rings. The smallest absolute Gasteiger partial charge is 0.242 e. The highest BCUT2D eigenvalue weighted by atomic mass is 16.2. The molecule has 0 bridgehead atoms. The van der Waals surface area contributed by atoms with Crippen LogP contribution in [0.1, 0.15) is 33.6 Å². The van der Waals surface area contributed by atoms with E-state index in [0.29, 0.717) is 11.4 Å². The summed E-state index contributed by atoms with van der Waals surface area (Å²) in [5, 5.41) is 8.93. The number of carbonyl (C=O) groups is 2. The lowest BCUT2D eigenvalue weighted by Gasteiger charge is -2.38. The van der Waals surface area contributed by atoms with Gasteiger partial charge < -0.3 is 16.0 Å². The molecule has 1 unspecified atom stereocenters. The van der Waals surface area contributed by atoms with Crippen molar-refractivity contribution in [2.24, 2.45) is 5.41 Å². The summed E-state index contributed by atoms with van der Waals surface area (Å²) in [7, 11) is 0. The summed E-state index contributed by atoms with van der Waals surface area (Å²) in [6.45, 7) is 6.54. The summed E-state index contributed by atoms with van der Waals surface area (Å²) in [6.07, 6.45) is 2.12. The van der Waals surface area contributed by atoms with Gasteiger partial charge in [0.05, 0.1) is 6.04 Å². The third-order valence-corrected chi connectivity index (χ3v) is 3.84. The number of piperidine rings is 1. The lowest BCUT2D eigenvalue weighted by Crippen LogP contribution is -2.53. The quantitative estimate of drug-likeness (QED) is 0.800. The van der Waals surface area contributed by atoms with Crippen molar-refractivity contribution in [3.05, 3.63) is 24.3 Å². The fourth-order valence-electron chi connectivity index (χ4n) is 2.75. The van der Waals surface area contributed by atoms with Gasteiger partial charge in [-0.3, -0.25) is 9.59 Å². The van der Waals surface area contributed by atoms with Crippen LogP contribution < -0.4 is 16.0 Å². The third kappa shape index (κ3) is 4.04. The van der Waals surface area contributed by atoms with E-state index in [9.17, 15) is 9.59 Å². The minimum atomic E-state index is -0.198. The Labute approximate surface area is 125 Å². The molecule has 1 saturated heterocycles. The van der Waals surface area contributed by atoms with Crippen molar-refractivity contribution in [1.29, 1.82) is 0 Å². The summed E-state index contributed by atoms with van der Waals surface area (Å²) < 4.78 is 0. The highest BCUT2D eigenvalue weighted by Crippen LogP contribution is 2.30. The number of carbonyl (C=O) groups excluding carboxylic acids is 2. The fraction of sp³-hybridized carbons (Fsp3) is 0.500. The van der Waals surface area contributed by atoms with Crippen molar-refractivity contribution < 1.29 is 9.59 Å². The Balaban J connectivity index is 2.07. The van der Waals surface area contributed by atoms with Crippen molar-refractivity contribution >= 4 is 23.2 Å². The SMILES string of the molecule is CC(=O)Nc1cccc(NC(=O)C2NCCCC2(C)C)c1. The summed E-state index contributed by atoms with van der Waals surface area (Å²) in [5.41, 5.74) is 1.31. The monoisotopic (exact) mass is 289 g/mol. The van der Waals surface area contributed by atoms with Crippen molar-refractivity contribution in [1.82, 2.24) is 5.32 Å². The maximum absolute atomic E-state index is 12.5. The highest BCUT2D eigenvalue weighted by Gasteiger charge is 2.37. The van der Waals surface area contributed by atoms with Gasteiger partial charge in [0, 0.05) is 18.3 Å². The Morgan fingerprint density at radius 2 is 1.90 bits per heavy atom. The van der Waals surface area contributed by atoms with E-state index >= 15 is 0 Å². The molecule has 1 atom stereocenters. The van der Waals surface area contributed by atoms with Crippen LogP contribution in [0.3, 0.4) is 0 Å². The van der Waals surface area contributed by atoms with Crippen LogP contribution >= 0.6 is 0 Å². The van der Waals surface area contributed by atoms with Crippen LogP contribution in [0.15, 0.2) is 24.3 Å². The second kappa shape index (κ2) is 6.26. The summed E-state index contributed by atoms with van der Waals surface area (Å²) in [4.78, 5) is 23.5. The van der Waals surface area contributed by atoms with Crippen molar-refractivity contribution in [2.75, 3.05) is 17.2 Å². The molecule has 21 heavy (non-hydrogen) atoms. The molecule has 2 amide bonds. The van der Waals surface area contributed by atoms with Gasteiger partial charge in [-0.15, -0.1) is 0 Å². The van der Waals surface area contributed by atoms with E-state index in [-0.39, 0.29) is 23.3 Å². The van der Waals surface area contributed by atoms with Gasteiger partial charge in [-0.2, -0.15) is 0 Å². The van der Waals surface area contributed by atoms with Gasteiger partial charge >= 0.3 is 0 Å². The van der Waals surface area contributed by atoms with Crippen LogP contribution in [0.25, 0.3) is 0 Å². The minimum absolute atomic E-state index is 0.0281. The zero-order chi connectivity index (χ0) is 15.5. The third-order valence-electron chi connectivity index (χ3n) is 3.84. The molecule has 0 aromatic heterocycles. The van der Waals surface area contributed by atoms with E-state index in [0.717, 1.165) is 19.4 Å². The summed E-state index contributed by atoms with van der Waals surface area (Å²) in [5.74, 6) is -0.159. The van der Waals surface area contributed by atoms with Gasteiger partial charge in [0.25, 0.3) is 0 Å². The van der Waals surface area contributed by atoms with E-state index in [1.807, 2.05) is 6.07 Å². The molecule has 1 aliphatic heterocycles. The van der Waals surface area contributed by atoms with Crippen molar-refractivity contribution in [2.45, 2.75) is 39.7 Å². The molecular formula is C16H23N3O2. The molecule has 1 aromatic rings. The van der Waals surface area contributed by atoms with Gasteiger partial charge in [0.2, 0.25) is 11.8 Å². The fourth-order valence-corrected chi connectivity index (χ4v) is 2.75. The number of anilines is 2. The second-order valence-corrected chi connectivity index (χ2v) is 6.23. The molecule has 5 heteroatoms. The molecule has 1 fully saturated rings. The molecule has 5 nitrogen and oxygen atoms in total. The average Bonchev–Trinajstić information content (AvgIpc) is 2.37. The van der Waals surface area contributed by atoms with Crippen molar-refractivity contribution in [3.63, 3.8) is 0 Å². The Kier molecular flexibility index (Phi) is 4.63. The van der Waals surface area contributed by atoms with Crippen LogP contribution in [-0.4, -0.2) is 24.4 Å². The van der Waals surface area contributed by atoms with E-state index in [4.69, 9.17) is 0 Å². The summed E-state index contributed by atoms with van der Waals surface area (Å²) in [6, 6.07) is 6.98. The lowest BCUT2D eigenvalue weighted by atomic mass is 9.77. The largest absolute Gasteiger partial charge is 0.326 e. The number of benzene rings is 1. The molecule has 3 N–H and O–H groups in total. The predicted octanol–water partition coefficient (Wildman–Crippen LogP) is 2.36. The lowest BCUT2D eigenvalue weighted by molar-refractivity contribution is -0.121. The van der Waals surface area contributed by atoms with Crippen LogP contribution in [0.2, 0.25) is 0 Å².